The van der Waals surface area contributed by atoms with Crippen LogP contribution in [0.25, 0.3) is 0 Å². The second-order valence-corrected chi connectivity index (χ2v) is 4.86. The molecule has 0 bridgehead atoms. The third-order valence-electron chi connectivity index (χ3n) is 3.13. The van der Waals surface area contributed by atoms with E-state index < -0.39 is 0 Å². The molecule has 0 heterocycles. The Morgan fingerprint density at radius 3 is 2.15 bits per heavy atom. The lowest BCUT2D eigenvalue weighted by Crippen LogP contribution is -1.90. The highest BCUT2D eigenvalue weighted by Gasteiger charge is 2.02. The third-order valence-corrected chi connectivity index (χ3v) is 3.13. The van der Waals surface area contributed by atoms with Crippen LogP contribution in [0.4, 0.5) is 4.39 Å². The van der Waals surface area contributed by atoms with Crippen molar-refractivity contribution in [3.63, 3.8) is 0 Å². The zero-order chi connectivity index (χ0) is 14.7. The molecular weight excluding hydrogens is 247 g/mol. The van der Waals surface area contributed by atoms with E-state index in [1.54, 1.807) is 12.1 Å². The summed E-state index contributed by atoms with van der Waals surface area (Å²) in [7, 11) is 0. The minimum Gasteiger partial charge on any atom is -0.206 e. The monoisotopic (exact) mass is 262 g/mol. The van der Waals surface area contributed by atoms with Crippen molar-refractivity contribution in [1.82, 2.24) is 0 Å². The molecule has 0 nitrogen and oxygen atoms in total. The largest absolute Gasteiger partial charge is 0.206 e. The number of hydrogen-bond acceptors (Lipinski definition) is 0. The van der Waals surface area contributed by atoms with E-state index in [2.05, 4.69) is 36.8 Å². The van der Waals surface area contributed by atoms with Gasteiger partial charge in [-0.2, -0.15) is 0 Å². The molecule has 0 spiro atoms. The smallest absolute Gasteiger partial charge is 0.140 e. The van der Waals surface area contributed by atoms with Gasteiger partial charge in [0.25, 0.3) is 0 Å². The van der Waals surface area contributed by atoms with E-state index in [0.717, 1.165) is 16.7 Å². The van der Waals surface area contributed by atoms with E-state index in [4.69, 9.17) is 6.42 Å². The Morgan fingerprint density at radius 2 is 1.60 bits per heavy atom. The van der Waals surface area contributed by atoms with Gasteiger partial charge >= 0.3 is 0 Å². The van der Waals surface area contributed by atoms with Crippen molar-refractivity contribution in [2.24, 2.45) is 0 Å². The summed E-state index contributed by atoms with van der Waals surface area (Å²) in [5.41, 5.74) is 5.26. The van der Waals surface area contributed by atoms with Crippen LogP contribution in [0.15, 0.2) is 30.3 Å². The Hall–Kier alpha value is -2.51. The molecule has 2 aromatic carbocycles. The molecule has 0 aliphatic rings. The third kappa shape index (κ3) is 2.90. The van der Waals surface area contributed by atoms with Gasteiger partial charge in [0.1, 0.15) is 5.82 Å². The van der Waals surface area contributed by atoms with Crippen LogP contribution < -0.4 is 0 Å². The summed E-state index contributed by atoms with van der Waals surface area (Å²) >= 11 is 0. The van der Waals surface area contributed by atoms with Crippen molar-refractivity contribution < 1.29 is 4.39 Å². The zero-order valence-corrected chi connectivity index (χ0v) is 11.8. The second kappa shape index (κ2) is 5.64. The Bertz CT molecular complexity index is 742. The lowest BCUT2D eigenvalue weighted by atomic mass is 10.00. The summed E-state index contributed by atoms with van der Waals surface area (Å²) in [5.74, 6) is 7.98. The molecule has 0 aromatic heterocycles. The highest BCUT2D eigenvalue weighted by atomic mass is 19.1. The molecule has 2 rings (SSSR count). The Kier molecular flexibility index (Phi) is 3.92. The minimum atomic E-state index is -0.379. The molecule has 0 N–H and O–H groups in total. The van der Waals surface area contributed by atoms with Crippen LogP contribution in [-0.4, -0.2) is 0 Å². The highest BCUT2D eigenvalue weighted by Crippen LogP contribution is 2.16. The molecule has 98 valence electrons. The molecular formula is C19H15F. The molecule has 0 aliphatic heterocycles. The number of hydrogen-bond donors (Lipinski definition) is 0. The topological polar surface area (TPSA) is 0 Å². The molecule has 1 heteroatoms. The minimum absolute atomic E-state index is 0.364. The lowest BCUT2D eigenvalue weighted by molar-refractivity contribution is 0.624. The maximum Gasteiger partial charge on any atom is 0.140 e. The van der Waals surface area contributed by atoms with Crippen LogP contribution in [0.2, 0.25) is 0 Å². The van der Waals surface area contributed by atoms with Gasteiger partial charge in [0.2, 0.25) is 0 Å². The first kappa shape index (κ1) is 13.9. The van der Waals surface area contributed by atoms with Crippen LogP contribution in [0.1, 0.15) is 33.4 Å². The summed E-state index contributed by atoms with van der Waals surface area (Å²) in [6.45, 7) is 6.08. The fourth-order valence-electron chi connectivity index (χ4n) is 2.21. The molecule has 0 atom stereocenters. The average Bonchev–Trinajstić information content (AvgIpc) is 2.39. The first-order valence-corrected chi connectivity index (χ1v) is 6.37. The predicted octanol–water partition coefficient (Wildman–Crippen LogP) is 4.13. The quantitative estimate of drug-likeness (QED) is 0.626. The van der Waals surface area contributed by atoms with Crippen LogP contribution in [-0.2, 0) is 0 Å². The van der Waals surface area contributed by atoms with Crippen molar-refractivity contribution in [3.8, 4) is 24.2 Å². The lowest BCUT2D eigenvalue weighted by Gasteiger charge is -2.04. The van der Waals surface area contributed by atoms with Crippen LogP contribution in [0.5, 0.6) is 0 Å². The normalized spacial score (nSPS) is 9.55. The standard InChI is InChI=1S/C19H15F/c1-5-16-6-7-17(19(20)12-16)8-9-18-14(3)10-13(2)11-15(18)4/h1,6-7,10-12H,2-4H3. The summed E-state index contributed by atoms with van der Waals surface area (Å²) in [5, 5.41) is 0. The van der Waals surface area contributed by atoms with E-state index in [-0.39, 0.29) is 5.82 Å². The van der Waals surface area contributed by atoms with Crippen molar-refractivity contribution in [2.75, 3.05) is 0 Å². The van der Waals surface area contributed by atoms with Crippen molar-refractivity contribution in [2.45, 2.75) is 20.8 Å². The first-order valence-electron chi connectivity index (χ1n) is 6.37. The Morgan fingerprint density at radius 1 is 0.950 bits per heavy atom. The number of rotatable bonds is 0. The number of terminal acetylenes is 1. The van der Waals surface area contributed by atoms with Gasteiger partial charge in [0.05, 0.1) is 5.56 Å². The zero-order valence-electron chi connectivity index (χ0n) is 11.8. The van der Waals surface area contributed by atoms with Crippen molar-refractivity contribution >= 4 is 0 Å². The summed E-state index contributed by atoms with van der Waals surface area (Å²) in [4.78, 5) is 0. The highest BCUT2D eigenvalue weighted by molar-refractivity contribution is 5.52. The van der Waals surface area contributed by atoms with E-state index in [1.165, 1.54) is 11.6 Å². The fraction of sp³-hybridized carbons (Fsp3) is 0.158. The van der Waals surface area contributed by atoms with Gasteiger partial charge in [-0.05, 0) is 50.1 Å². The molecule has 0 aliphatic carbocycles. The predicted molar refractivity (Wildman–Crippen MR) is 81.0 cm³/mol. The van der Waals surface area contributed by atoms with Crippen LogP contribution >= 0.6 is 0 Å². The summed E-state index contributed by atoms with van der Waals surface area (Å²) in [6.07, 6.45) is 5.23. The van der Waals surface area contributed by atoms with Crippen molar-refractivity contribution in [3.05, 3.63) is 69.5 Å². The van der Waals surface area contributed by atoms with Gasteiger partial charge in [0, 0.05) is 11.1 Å². The van der Waals surface area contributed by atoms with Gasteiger partial charge in [-0.15, -0.1) is 6.42 Å². The summed E-state index contributed by atoms with van der Waals surface area (Å²) in [6, 6.07) is 8.81. The number of aryl methyl sites for hydroxylation is 3. The maximum absolute atomic E-state index is 13.8. The van der Waals surface area contributed by atoms with Gasteiger partial charge in [-0.25, -0.2) is 4.39 Å². The van der Waals surface area contributed by atoms with Gasteiger partial charge in [0.15, 0.2) is 0 Å². The van der Waals surface area contributed by atoms with Crippen molar-refractivity contribution in [1.29, 1.82) is 0 Å². The second-order valence-electron chi connectivity index (χ2n) is 4.86. The molecule has 0 unspecified atom stereocenters. The molecule has 0 fully saturated rings. The number of halogens is 1. The van der Waals surface area contributed by atoms with E-state index in [9.17, 15) is 4.39 Å². The first-order chi connectivity index (χ1) is 9.51. The average molecular weight is 262 g/mol. The Labute approximate surface area is 119 Å². The SMILES string of the molecule is C#Cc1ccc(C#Cc2c(C)cc(C)cc2C)c(F)c1. The Balaban J connectivity index is 2.44. The maximum atomic E-state index is 13.8. The van der Waals surface area contributed by atoms with Gasteiger partial charge in [-0.3, -0.25) is 0 Å². The van der Waals surface area contributed by atoms with Crippen LogP contribution in [0.3, 0.4) is 0 Å². The molecule has 0 radical (unpaired) electrons. The van der Waals surface area contributed by atoms with E-state index in [0.29, 0.717) is 11.1 Å². The molecule has 20 heavy (non-hydrogen) atoms. The van der Waals surface area contributed by atoms with E-state index >= 15 is 0 Å². The van der Waals surface area contributed by atoms with Crippen LogP contribution in [0, 0.1) is 50.8 Å². The fourth-order valence-corrected chi connectivity index (χ4v) is 2.21. The molecule has 0 saturated heterocycles. The van der Waals surface area contributed by atoms with Gasteiger partial charge in [-0.1, -0.05) is 35.5 Å². The summed E-state index contributed by atoms with van der Waals surface area (Å²) < 4.78 is 13.8. The van der Waals surface area contributed by atoms with Gasteiger partial charge < -0.3 is 0 Å². The molecule has 2 aromatic rings. The molecule has 0 saturated carbocycles. The van der Waals surface area contributed by atoms with E-state index in [1.807, 2.05) is 13.8 Å². The number of benzene rings is 2. The molecule has 0 amide bonds.